The van der Waals surface area contributed by atoms with Crippen molar-refractivity contribution >= 4 is 34.8 Å². The molecule has 158 valence electrons. The van der Waals surface area contributed by atoms with E-state index in [1.54, 1.807) is 6.07 Å². The summed E-state index contributed by atoms with van der Waals surface area (Å²) in [7, 11) is 0. The van der Waals surface area contributed by atoms with Gasteiger partial charge < -0.3 is 21.1 Å². The van der Waals surface area contributed by atoms with Crippen LogP contribution in [0.1, 0.15) is 55.5 Å². The Morgan fingerprint density at radius 2 is 1.97 bits per heavy atom. The van der Waals surface area contributed by atoms with Crippen molar-refractivity contribution in [1.29, 1.82) is 5.26 Å². The van der Waals surface area contributed by atoms with Gasteiger partial charge in [-0.2, -0.15) is 5.26 Å². The second-order valence-corrected chi connectivity index (χ2v) is 8.09. The molecule has 4 N–H and O–H groups in total. The first-order chi connectivity index (χ1) is 14.4. The van der Waals surface area contributed by atoms with Crippen LogP contribution in [0.25, 0.3) is 0 Å². The number of aliphatic hydroxyl groups excluding tert-OH is 1. The first-order valence-corrected chi connectivity index (χ1v) is 10.3. The van der Waals surface area contributed by atoms with Crippen LogP contribution in [0, 0.1) is 11.3 Å². The molecule has 2 aromatic heterocycles. The maximum absolute atomic E-state index is 12.9. The standard InChI is InChI=1S/C21H25ClN6O2/c1-12(2)26-18-8-19(28-20-17(22)7-13(9-23)10-25-20)24-11-16(18)21(30)27-14-3-5-15(29)6-4-14/h7-8,10-12,14-15,29H,3-6H2,1-2H3,(H,27,30)(H2,24,25,26,28)/t14-,15-. The van der Waals surface area contributed by atoms with Crippen LogP contribution >= 0.6 is 11.6 Å². The fourth-order valence-corrected chi connectivity index (χ4v) is 3.54. The lowest BCUT2D eigenvalue weighted by molar-refractivity contribution is 0.0868. The number of aliphatic hydroxyl groups is 1. The van der Waals surface area contributed by atoms with Crippen molar-refractivity contribution in [3.63, 3.8) is 0 Å². The third-order valence-electron chi connectivity index (χ3n) is 4.84. The van der Waals surface area contributed by atoms with E-state index in [-0.39, 0.29) is 24.1 Å². The van der Waals surface area contributed by atoms with Crippen LogP contribution in [-0.4, -0.2) is 39.2 Å². The number of carbonyl (C=O) groups is 1. The molecule has 2 aromatic rings. The molecule has 0 radical (unpaired) electrons. The number of anilines is 3. The number of amides is 1. The fourth-order valence-electron chi connectivity index (χ4n) is 3.33. The fraction of sp³-hybridized carbons (Fsp3) is 0.429. The number of nitrogens with one attached hydrogen (secondary N) is 3. The van der Waals surface area contributed by atoms with E-state index in [1.165, 1.54) is 18.5 Å². The number of hydrogen-bond donors (Lipinski definition) is 4. The zero-order valence-electron chi connectivity index (χ0n) is 16.9. The zero-order chi connectivity index (χ0) is 21.7. The number of hydrogen-bond acceptors (Lipinski definition) is 7. The molecule has 9 heteroatoms. The van der Waals surface area contributed by atoms with Gasteiger partial charge in [-0.15, -0.1) is 0 Å². The number of rotatable bonds is 6. The number of pyridine rings is 2. The van der Waals surface area contributed by atoms with Gasteiger partial charge >= 0.3 is 0 Å². The van der Waals surface area contributed by atoms with Crippen molar-refractivity contribution in [3.8, 4) is 6.07 Å². The molecule has 0 aliphatic heterocycles. The van der Waals surface area contributed by atoms with Crippen molar-refractivity contribution < 1.29 is 9.90 Å². The largest absolute Gasteiger partial charge is 0.393 e. The van der Waals surface area contributed by atoms with E-state index in [1.807, 2.05) is 19.9 Å². The number of aromatic nitrogens is 2. The highest BCUT2D eigenvalue weighted by Gasteiger charge is 2.23. The normalized spacial score (nSPS) is 18.5. The van der Waals surface area contributed by atoms with Gasteiger partial charge in [0.15, 0.2) is 0 Å². The SMILES string of the molecule is CC(C)Nc1cc(Nc2ncc(C#N)cc2Cl)ncc1C(=O)N[C@H]1CC[C@H](O)CC1. The predicted octanol–water partition coefficient (Wildman–Crippen LogP) is 3.60. The molecule has 2 heterocycles. The number of nitriles is 1. The molecule has 30 heavy (non-hydrogen) atoms. The van der Waals surface area contributed by atoms with Crippen molar-refractivity contribution in [1.82, 2.24) is 15.3 Å². The lowest BCUT2D eigenvalue weighted by Gasteiger charge is -2.26. The molecule has 0 atom stereocenters. The van der Waals surface area contributed by atoms with Crippen molar-refractivity contribution in [2.24, 2.45) is 0 Å². The summed E-state index contributed by atoms with van der Waals surface area (Å²) in [6, 6.07) is 5.39. The molecule has 0 spiro atoms. The molecular weight excluding hydrogens is 404 g/mol. The molecule has 1 fully saturated rings. The Bertz CT molecular complexity index is 951. The molecule has 3 rings (SSSR count). The highest BCUT2D eigenvalue weighted by molar-refractivity contribution is 6.33. The summed E-state index contributed by atoms with van der Waals surface area (Å²) in [5.74, 6) is 0.638. The van der Waals surface area contributed by atoms with Gasteiger partial charge in [0.2, 0.25) is 0 Å². The van der Waals surface area contributed by atoms with E-state index in [4.69, 9.17) is 16.9 Å². The van der Waals surface area contributed by atoms with Gasteiger partial charge in [-0.1, -0.05) is 11.6 Å². The topological polar surface area (TPSA) is 123 Å². The van der Waals surface area contributed by atoms with E-state index in [2.05, 4.69) is 25.9 Å². The Morgan fingerprint density at radius 1 is 1.23 bits per heavy atom. The van der Waals surface area contributed by atoms with Gasteiger partial charge in [0, 0.05) is 30.5 Å². The summed E-state index contributed by atoms with van der Waals surface area (Å²) in [6.45, 7) is 3.97. The van der Waals surface area contributed by atoms with Crippen molar-refractivity contribution in [2.45, 2.75) is 57.7 Å². The molecule has 1 aliphatic carbocycles. The van der Waals surface area contributed by atoms with E-state index in [9.17, 15) is 9.90 Å². The molecule has 0 aromatic carbocycles. The Balaban J connectivity index is 1.79. The monoisotopic (exact) mass is 428 g/mol. The van der Waals surface area contributed by atoms with Gasteiger partial charge in [-0.05, 0) is 45.6 Å². The first-order valence-electron chi connectivity index (χ1n) is 9.94. The maximum atomic E-state index is 12.9. The zero-order valence-corrected chi connectivity index (χ0v) is 17.7. The molecule has 1 amide bonds. The van der Waals surface area contributed by atoms with Gasteiger partial charge in [0.25, 0.3) is 5.91 Å². The Labute approximate surface area is 180 Å². The molecule has 1 aliphatic rings. The molecule has 8 nitrogen and oxygen atoms in total. The van der Waals surface area contributed by atoms with Gasteiger partial charge in [-0.3, -0.25) is 4.79 Å². The van der Waals surface area contributed by atoms with Crippen LogP contribution in [0.4, 0.5) is 17.3 Å². The van der Waals surface area contributed by atoms with Crippen LogP contribution in [-0.2, 0) is 0 Å². The third kappa shape index (κ3) is 5.59. The van der Waals surface area contributed by atoms with Gasteiger partial charge in [-0.25, -0.2) is 9.97 Å². The summed E-state index contributed by atoms with van der Waals surface area (Å²) >= 11 is 6.18. The summed E-state index contributed by atoms with van der Waals surface area (Å²) < 4.78 is 0. The van der Waals surface area contributed by atoms with Crippen LogP contribution in [0.3, 0.4) is 0 Å². The molecular formula is C21H25ClN6O2. The van der Waals surface area contributed by atoms with Crippen molar-refractivity contribution in [2.75, 3.05) is 10.6 Å². The van der Waals surface area contributed by atoms with Crippen molar-refractivity contribution in [3.05, 3.63) is 40.7 Å². The second kappa shape index (κ2) is 9.74. The highest BCUT2D eigenvalue weighted by Crippen LogP contribution is 2.26. The Morgan fingerprint density at radius 3 is 2.60 bits per heavy atom. The summed E-state index contributed by atoms with van der Waals surface area (Å²) in [4.78, 5) is 21.3. The van der Waals surface area contributed by atoms with Gasteiger partial charge in [0.1, 0.15) is 17.7 Å². The van der Waals surface area contributed by atoms with Crippen LogP contribution in [0.2, 0.25) is 5.02 Å². The minimum atomic E-state index is -0.272. The summed E-state index contributed by atoms with van der Waals surface area (Å²) in [5, 5.41) is 28.2. The van der Waals surface area contributed by atoms with E-state index >= 15 is 0 Å². The molecule has 0 unspecified atom stereocenters. The van der Waals surface area contributed by atoms with E-state index in [0.717, 1.165) is 12.8 Å². The van der Waals surface area contributed by atoms with E-state index < -0.39 is 0 Å². The summed E-state index contributed by atoms with van der Waals surface area (Å²) in [6.07, 6.45) is 5.57. The lowest BCUT2D eigenvalue weighted by Crippen LogP contribution is -2.39. The predicted molar refractivity (Wildman–Crippen MR) is 116 cm³/mol. The van der Waals surface area contributed by atoms with Crippen LogP contribution in [0.5, 0.6) is 0 Å². The minimum absolute atomic E-state index is 0.0484. The average Bonchev–Trinajstić information content (AvgIpc) is 2.71. The first kappa shape index (κ1) is 21.8. The van der Waals surface area contributed by atoms with Crippen LogP contribution < -0.4 is 16.0 Å². The Kier molecular flexibility index (Phi) is 7.08. The maximum Gasteiger partial charge on any atom is 0.255 e. The van der Waals surface area contributed by atoms with Crippen LogP contribution in [0.15, 0.2) is 24.5 Å². The number of halogens is 1. The Hall–Kier alpha value is -2.89. The molecule has 1 saturated carbocycles. The smallest absolute Gasteiger partial charge is 0.255 e. The molecule has 0 saturated heterocycles. The van der Waals surface area contributed by atoms with Gasteiger partial charge in [0.05, 0.1) is 27.9 Å². The van der Waals surface area contributed by atoms with E-state index in [0.29, 0.717) is 46.3 Å². The molecule has 0 bridgehead atoms. The summed E-state index contributed by atoms with van der Waals surface area (Å²) in [5.41, 5.74) is 1.45. The lowest BCUT2D eigenvalue weighted by atomic mass is 9.93. The average molecular weight is 429 g/mol. The number of nitrogens with zero attached hydrogens (tertiary/aromatic N) is 3. The minimum Gasteiger partial charge on any atom is -0.393 e. The second-order valence-electron chi connectivity index (χ2n) is 7.68. The highest BCUT2D eigenvalue weighted by atomic mass is 35.5. The number of carbonyl (C=O) groups excluding carboxylic acids is 1. The quantitative estimate of drug-likeness (QED) is 0.554. The third-order valence-corrected chi connectivity index (χ3v) is 5.13.